The number of aryl methyl sites for hydroxylation is 2. The summed E-state index contributed by atoms with van der Waals surface area (Å²) >= 11 is 5.94. The van der Waals surface area contributed by atoms with Crippen molar-refractivity contribution in [2.75, 3.05) is 18.9 Å². The number of nitrogens with zero attached hydrogens (tertiary/aromatic N) is 2. The van der Waals surface area contributed by atoms with E-state index in [4.69, 9.17) is 11.6 Å². The number of rotatable bonds is 5. The number of nitrogens with one attached hydrogen (secondary N) is 2. The van der Waals surface area contributed by atoms with Crippen LogP contribution in [-0.4, -0.2) is 29.1 Å². The smallest absolute Gasteiger partial charge is 0.348 e. The molecule has 0 spiro atoms. The number of aromatic nitrogens is 2. The number of hydrogen-bond acceptors (Lipinski definition) is 4. The van der Waals surface area contributed by atoms with Gasteiger partial charge in [0.25, 0.3) is 5.91 Å². The Morgan fingerprint density at radius 1 is 1.30 bits per heavy atom. The quantitative estimate of drug-likeness (QED) is 0.876. The maximum absolute atomic E-state index is 12.3. The van der Waals surface area contributed by atoms with Crippen molar-refractivity contribution in [3.8, 4) is 0 Å². The second-order valence-electron chi connectivity index (χ2n) is 5.17. The van der Waals surface area contributed by atoms with E-state index in [1.54, 1.807) is 32.2 Å². The van der Waals surface area contributed by atoms with Crippen molar-refractivity contribution >= 4 is 23.2 Å². The van der Waals surface area contributed by atoms with Gasteiger partial charge in [-0.1, -0.05) is 11.6 Å². The Bertz CT molecular complexity index is 786. The zero-order valence-corrected chi connectivity index (χ0v) is 14.1. The van der Waals surface area contributed by atoms with E-state index in [9.17, 15) is 9.59 Å². The third kappa shape index (κ3) is 4.10. The summed E-state index contributed by atoms with van der Waals surface area (Å²) in [7, 11) is 1.74. The maximum Gasteiger partial charge on any atom is 0.348 e. The highest BCUT2D eigenvalue weighted by molar-refractivity contribution is 6.31. The van der Waals surface area contributed by atoms with Crippen LogP contribution in [0.2, 0.25) is 5.02 Å². The van der Waals surface area contributed by atoms with Crippen molar-refractivity contribution in [2.45, 2.75) is 20.4 Å². The molecule has 1 aromatic heterocycles. The van der Waals surface area contributed by atoms with Gasteiger partial charge >= 0.3 is 5.69 Å². The molecule has 0 fully saturated rings. The lowest BCUT2D eigenvalue weighted by molar-refractivity contribution is 0.0953. The molecule has 0 radical (unpaired) electrons. The van der Waals surface area contributed by atoms with Gasteiger partial charge in [-0.05, 0) is 38.1 Å². The van der Waals surface area contributed by atoms with E-state index in [0.29, 0.717) is 35.1 Å². The number of halogens is 1. The minimum Gasteiger partial charge on any atom is -0.387 e. The molecule has 0 saturated heterocycles. The first kappa shape index (κ1) is 17.0. The van der Waals surface area contributed by atoms with Crippen LogP contribution in [-0.2, 0) is 6.54 Å². The van der Waals surface area contributed by atoms with E-state index in [0.717, 1.165) is 5.69 Å². The fraction of sp³-hybridized carbons (Fsp3) is 0.312. The maximum atomic E-state index is 12.3. The normalized spacial score (nSPS) is 10.4. The van der Waals surface area contributed by atoms with Crippen molar-refractivity contribution in [3.63, 3.8) is 0 Å². The van der Waals surface area contributed by atoms with Crippen LogP contribution in [0, 0.1) is 13.8 Å². The molecule has 0 unspecified atom stereocenters. The molecule has 0 atom stereocenters. The molecule has 6 nitrogen and oxygen atoms in total. The van der Waals surface area contributed by atoms with Gasteiger partial charge in [-0.15, -0.1) is 0 Å². The molecule has 0 bridgehead atoms. The largest absolute Gasteiger partial charge is 0.387 e. The summed E-state index contributed by atoms with van der Waals surface area (Å²) in [6, 6.07) is 6.90. The molecule has 1 heterocycles. The Labute approximate surface area is 139 Å². The summed E-state index contributed by atoms with van der Waals surface area (Å²) in [5, 5.41) is 6.23. The molecule has 122 valence electrons. The van der Waals surface area contributed by atoms with Crippen molar-refractivity contribution < 1.29 is 4.79 Å². The van der Waals surface area contributed by atoms with Crippen LogP contribution in [0.3, 0.4) is 0 Å². The topological polar surface area (TPSA) is 76.0 Å². The standard InChI is InChI=1S/C16H19ClN4O2/c1-10-8-11(2)21(16(23)20-10)7-6-19-15(22)13-9-12(17)4-5-14(13)18-3/h4-5,8-9,18H,6-7H2,1-3H3,(H,19,22). The Morgan fingerprint density at radius 3 is 2.70 bits per heavy atom. The van der Waals surface area contributed by atoms with E-state index in [1.807, 2.05) is 13.0 Å². The highest BCUT2D eigenvalue weighted by Gasteiger charge is 2.11. The fourth-order valence-corrected chi connectivity index (χ4v) is 2.52. The van der Waals surface area contributed by atoms with Crippen LogP contribution in [0.4, 0.5) is 5.69 Å². The molecule has 23 heavy (non-hydrogen) atoms. The Hall–Kier alpha value is -2.34. The van der Waals surface area contributed by atoms with Gasteiger partial charge in [0.05, 0.1) is 5.56 Å². The summed E-state index contributed by atoms with van der Waals surface area (Å²) in [6.45, 7) is 4.30. The van der Waals surface area contributed by atoms with Crippen molar-refractivity contribution in [1.82, 2.24) is 14.9 Å². The molecule has 0 aliphatic heterocycles. The monoisotopic (exact) mass is 334 g/mol. The van der Waals surface area contributed by atoms with Crippen molar-refractivity contribution in [2.24, 2.45) is 0 Å². The Morgan fingerprint density at radius 2 is 2.04 bits per heavy atom. The minimum absolute atomic E-state index is 0.248. The second kappa shape index (κ2) is 7.28. The van der Waals surface area contributed by atoms with Gasteiger partial charge in [0.1, 0.15) is 0 Å². The lowest BCUT2D eigenvalue weighted by Crippen LogP contribution is -2.33. The fourth-order valence-electron chi connectivity index (χ4n) is 2.35. The summed E-state index contributed by atoms with van der Waals surface area (Å²) < 4.78 is 1.53. The average molecular weight is 335 g/mol. The number of benzene rings is 1. The third-order valence-corrected chi connectivity index (χ3v) is 3.70. The molecule has 1 aromatic carbocycles. The molecule has 0 aliphatic rings. The second-order valence-corrected chi connectivity index (χ2v) is 5.61. The van der Waals surface area contributed by atoms with Crippen LogP contribution in [0.1, 0.15) is 21.7 Å². The number of hydrogen-bond donors (Lipinski definition) is 2. The first-order valence-electron chi connectivity index (χ1n) is 7.23. The summed E-state index contributed by atoms with van der Waals surface area (Å²) in [5.41, 5.74) is 2.35. The summed E-state index contributed by atoms with van der Waals surface area (Å²) in [6.07, 6.45) is 0. The lowest BCUT2D eigenvalue weighted by Gasteiger charge is -2.12. The van der Waals surface area contributed by atoms with E-state index in [-0.39, 0.29) is 11.6 Å². The lowest BCUT2D eigenvalue weighted by atomic mass is 10.1. The average Bonchev–Trinajstić information content (AvgIpc) is 2.49. The van der Waals surface area contributed by atoms with Gasteiger partial charge in [-0.2, -0.15) is 4.98 Å². The molecule has 2 N–H and O–H groups in total. The number of carbonyl (C=O) groups is 1. The summed E-state index contributed by atoms with van der Waals surface area (Å²) in [5.74, 6) is -0.248. The molecule has 0 saturated carbocycles. The summed E-state index contributed by atoms with van der Waals surface area (Å²) in [4.78, 5) is 28.0. The number of carbonyl (C=O) groups excluding carboxylic acids is 1. The number of amides is 1. The minimum atomic E-state index is -0.310. The Kier molecular flexibility index (Phi) is 5.39. The van der Waals surface area contributed by atoms with Gasteiger partial charge in [-0.25, -0.2) is 4.79 Å². The molecule has 7 heteroatoms. The van der Waals surface area contributed by atoms with E-state index >= 15 is 0 Å². The van der Waals surface area contributed by atoms with Crippen LogP contribution in [0.25, 0.3) is 0 Å². The predicted molar refractivity (Wildman–Crippen MR) is 91.3 cm³/mol. The first-order valence-corrected chi connectivity index (χ1v) is 7.60. The Balaban J connectivity index is 2.06. The van der Waals surface area contributed by atoms with Crippen LogP contribution < -0.4 is 16.3 Å². The zero-order chi connectivity index (χ0) is 17.0. The third-order valence-electron chi connectivity index (χ3n) is 3.46. The van der Waals surface area contributed by atoms with Gasteiger partial charge < -0.3 is 10.6 Å². The highest BCUT2D eigenvalue weighted by Crippen LogP contribution is 2.20. The van der Waals surface area contributed by atoms with Crippen LogP contribution in [0.15, 0.2) is 29.1 Å². The molecule has 2 rings (SSSR count). The molecule has 2 aromatic rings. The van der Waals surface area contributed by atoms with Crippen molar-refractivity contribution in [3.05, 3.63) is 56.7 Å². The SMILES string of the molecule is CNc1ccc(Cl)cc1C(=O)NCCn1c(C)cc(C)nc1=O. The van der Waals surface area contributed by atoms with E-state index < -0.39 is 0 Å². The van der Waals surface area contributed by atoms with Gasteiger partial charge in [0.15, 0.2) is 0 Å². The number of anilines is 1. The van der Waals surface area contributed by atoms with E-state index in [2.05, 4.69) is 15.6 Å². The van der Waals surface area contributed by atoms with Crippen LogP contribution in [0.5, 0.6) is 0 Å². The molecule has 0 aliphatic carbocycles. The molecular weight excluding hydrogens is 316 g/mol. The van der Waals surface area contributed by atoms with Crippen LogP contribution >= 0.6 is 11.6 Å². The first-order chi connectivity index (χ1) is 10.9. The van der Waals surface area contributed by atoms with E-state index in [1.165, 1.54) is 4.57 Å². The van der Waals surface area contributed by atoms with Gasteiger partial charge in [0, 0.05) is 42.2 Å². The molecule has 1 amide bonds. The zero-order valence-electron chi connectivity index (χ0n) is 13.3. The van der Waals surface area contributed by atoms with Crippen molar-refractivity contribution in [1.29, 1.82) is 0 Å². The van der Waals surface area contributed by atoms with Gasteiger partial charge in [-0.3, -0.25) is 9.36 Å². The predicted octanol–water partition coefficient (Wildman–Crippen LogP) is 1.99. The highest BCUT2D eigenvalue weighted by atomic mass is 35.5. The molecular formula is C16H19ClN4O2. The van der Waals surface area contributed by atoms with Gasteiger partial charge in [0.2, 0.25) is 0 Å².